The topological polar surface area (TPSA) is 131 Å². The summed E-state index contributed by atoms with van der Waals surface area (Å²) in [5.41, 5.74) is 3.38. The summed E-state index contributed by atoms with van der Waals surface area (Å²) in [7, 11) is 1.63. The molecule has 3 heterocycles. The van der Waals surface area contributed by atoms with Crippen molar-refractivity contribution in [2.75, 3.05) is 43.9 Å². The lowest BCUT2D eigenvalue weighted by Gasteiger charge is -2.24. The molecule has 3 aromatic heterocycles. The highest BCUT2D eigenvalue weighted by Gasteiger charge is 2.25. The zero-order valence-corrected chi connectivity index (χ0v) is 28.0. The summed E-state index contributed by atoms with van der Waals surface area (Å²) in [4.78, 5) is 25.2. The zero-order chi connectivity index (χ0) is 34.3. The average molecular weight is 671 g/mol. The normalized spacial score (nSPS) is 11.9. The molecule has 12 nitrogen and oxygen atoms in total. The van der Waals surface area contributed by atoms with Gasteiger partial charge in [0.25, 0.3) is 15.7 Å². The Morgan fingerprint density at radius 2 is 1.73 bits per heavy atom. The lowest BCUT2D eigenvalue weighted by Crippen LogP contribution is -2.32. The van der Waals surface area contributed by atoms with Crippen molar-refractivity contribution in [2.45, 2.75) is 18.7 Å². The van der Waals surface area contributed by atoms with E-state index in [9.17, 15) is 22.9 Å². The molecule has 248 valence electrons. The second-order valence-corrected chi connectivity index (χ2v) is 13.7. The molecule has 14 heteroatoms. The van der Waals surface area contributed by atoms with Crippen LogP contribution in [0.3, 0.4) is 0 Å². The number of benzene rings is 3. The lowest BCUT2D eigenvalue weighted by molar-refractivity contribution is -0.384. The monoisotopic (exact) mass is 670 g/mol. The molecule has 0 aliphatic carbocycles. The summed E-state index contributed by atoms with van der Waals surface area (Å²) >= 11 is 0. The molecule has 0 spiro atoms. The number of hydrogen-bond donors (Lipinski definition) is 1. The van der Waals surface area contributed by atoms with Gasteiger partial charge in [-0.25, -0.2) is 21.8 Å². The van der Waals surface area contributed by atoms with Crippen LogP contribution in [0.15, 0.2) is 84.0 Å². The second-order valence-electron chi connectivity index (χ2n) is 11.8. The Bertz CT molecular complexity index is 2280. The first-order chi connectivity index (χ1) is 22.9. The number of halogens is 1. The molecular formula is C34H35FN8O4S. The predicted octanol–water partition coefficient (Wildman–Crippen LogP) is 6.31. The maximum Gasteiger partial charge on any atom is 0.294 e. The Morgan fingerprint density at radius 3 is 2.42 bits per heavy atom. The fourth-order valence-corrected chi connectivity index (χ4v) is 7.03. The van der Waals surface area contributed by atoms with Gasteiger partial charge in [-0.1, -0.05) is 17.7 Å². The van der Waals surface area contributed by atoms with Crippen LogP contribution in [0.4, 0.5) is 27.4 Å². The molecule has 48 heavy (non-hydrogen) atoms. The number of rotatable bonds is 11. The summed E-state index contributed by atoms with van der Waals surface area (Å²) in [5, 5.41) is 16.3. The molecule has 6 aromatic rings. The van der Waals surface area contributed by atoms with Gasteiger partial charge in [-0.05, 0) is 76.5 Å². The van der Waals surface area contributed by atoms with Crippen LogP contribution in [-0.4, -0.2) is 70.5 Å². The third-order valence-electron chi connectivity index (χ3n) is 8.26. The largest absolute Gasteiger partial charge is 0.365 e. The van der Waals surface area contributed by atoms with Crippen molar-refractivity contribution >= 4 is 55.0 Å². The van der Waals surface area contributed by atoms with Gasteiger partial charge in [0.15, 0.2) is 5.65 Å². The summed E-state index contributed by atoms with van der Waals surface area (Å²) in [6.07, 6.45) is 3.22. The van der Waals surface area contributed by atoms with Crippen molar-refractivity contribution in [3.05, 3.63) is 101 Å². The first-order valence-electron chi connectivity index (χ1n) is 15.3. The van der Waals surface area contributed by atoms with Crippen molar-refractivity contribution in [1.29, 1.82) is 0 Å². The van der Waals surface area contributed by atoms with Gasteiger partial charge in [-0.2, -0.15) is 4.98 Å². The molecule has 0 amide bonds. The number of aryl methyl sites for hydroxylation is 2. The fraction of sp³-hybridized carbons (Fsp3) is 0.235. The van der Waals surface area contributed by atoms with E-state index in [2.05, 4.69) is 10.3 Å². The molecule has 0 unspecified atom stereocenters. The lowest BCUT2D eigenvalue weighted by atomic mass is 10.1. The summed E-state index contributed by atoms with van der Waals surface area (Å²) < 4.78 is 45.2. The molecule has 0 aliphatic heterocycles. The van der Waals surface area contributed by atoms with E-state index >= 15 is 0 Å². The van der Waals surface area contributed by atoms with E-state index < -0.39 is 20.8 Å². The van der Waals surface area contributed by atoms with E-state index in [-0.39, 0.29) is 22.2 Å². The number of nitrogens with zero attached hydrogens (tertiary/aromatic N) is 7. The number of aromatic nitrogens is 4. The number of nitrogens with one attached hydrogen (secondary N) is 1. The molecular weight excluding hydrogens is 635 g/mol. The SMILES string of the molecule is CCN(CCN(C)C)c1ccc(Nc2nc(-c3cn(C)c4ccc(F)cc34)c3ccn(S(=O)(=O)c4ccc(C)cc4)c3n2)cc1[N+](=O)[O-]. The molecule has 0 atom stereocenters. The summed E-state index contributed by atoms with van der Waals surface area (Å²) in [6.45, 7) is 5.69. The van der Waals surface area contributed by atoms with Crippen LogP contribution in [-0.2, 0) is 17.1 Å². The van der Waals surface area contributed by atoms with E-state index in [4.69, 9.17) is 4.98 Å². The molecule has 0 fully saturated rings. The third kappa shape index (κ3) is 6.07. The van der Waals surface area contributed by atoms with Gasteiger partial charge in [-0.15, -0.1) is 0 Å². The quantitative estimate of drug-likeness (QED) is 0.124. The van der Waals surface area contributed by atoms with E-state index in [0.29, 0.717) is 53.0 Å². The number of nitro benzene ring substituents is 1. The summed E-state index contributed by atoms with van der Waals surface area (Å²) in [5.74, 6) is -0.427. The second kappa shape index (κ2) is 12.7. The van der Waals surface area contributed by atoms with Crippen LogP contribution < -0.4 is 10.2 Å². The van der Waals surface area contributed by atoms with Crippen molar-refractivity contribution in [3.8, 4) is 11.3 Å². The van der Waals surface area contributed by atoms with Crippen LogP contribution in [0.1, 0.15) is 12.5 Å². The molecule has 0 saturated heterocycles. The smallest absolute Gasteiger partial charge is 0.294 e. The summed E-state index contributed by atoms with van der Waals surface area (Å²) in [6, 6.07) is 17.3. The third-order valence-corrected chi connectivity index (χ3v) is 9.94. The highest BCUT2D eigenvalue weighted by molar-refractivity contribution is 7.90. The van der Waals surface area contributed by atoms with Gasteiger partial charge in [-0.3, -0.25) is 10.1 Å². The maximum atomic E-state index is 14.5. The highest BCUT2D eigenvalue weighted by Crippen LogP contribution is 2.37. The molecule has 0 radical (unpaired) electrons. The Labute approximate surface area is 277 Å². The minimum absolute atomic E-state index is 0.00645. The number of likely N-dealkylation sites (N-methyl/N-ethyl adjacent to an activating group) is 2. The maximum absolute atomic E-state index is 14.5. The molecule has 6 rings (SSSR count). The number of hydrogen-bond acceptors (Lipinski definition) is 9. The average Bonchev–Trinajstić information content (AvgIpc) is 3.62. The van der Waals surface area contributed by atoms with E-state index in [1.54, 1.807) is 42.6 Å². The van der Waals surface area contributed by atoms with Gasteiger partial charge < -0.3 is 19.7 Å². The molecule has 0 aliphatic rings. The first kappa shape index (κ1) is 32.6. The van der Waals surface area contributed by atoms with Crippen molar-refractivity contribution in [3.63, 3.8) is 0 Å². The van der Waals surface area contributed by atoms with Crippen LogP contribution >= 0.6 is 0 Å². The first-order valence-corrected chi connectivity index (χ1v) is 16.7. The van der Waals surface area contributed by atoms with Gasteiger partial charge in [0.05, 0.1) is 15.5 Å². The Kier molecular flexibility index (Phi) is 8.62. The predicted molar refractivity (Wildman–Crippen MR) is 186 cm³/mol. The Morgan fingerprint density at radius 1 is 0.979 bits per heavy atom. The zero-order valence-electron chi connectivity index (χ0n) is 27.2. The van der Waals surface area contributed by atoms with Crippen LogP contribution in [0, 0.1) is 22.9 Å². The van der Waals surface area contributed by atoms with Crippen LogP contribution in [0.5, 0.6) is 0 Å². The number of nitro groups is 1. The highest BCUT2D eigenvalue weighted by atomic mass is 32.2. The molecule has 0 bridgehead atoms. The van der Waals surface area contributed by atoms with Crippen molar-refractivity contribution < 1.29 is 17.7 Å². The van der Waals surface area contributed by atoms with Gasteiger partial charge in [0.2, 0.25) is 5.95 Å². The Balaban J connectivity index is 1.52. The van der Waals surface area contributed by atoms with E-state index in [1.165, 1.54) is 36.5 Å². The molecule has 0 saturated carbocycles. The van der Waals surface area contributed by atoms with E-state index in [1.807, 2.05) is 49.4 Å². The fourth-order valence-electron chi connectivity index (χ4n) is 5.74. The van der Waals surface area contributed by atoms with Crippen molar-refractivity contribution in [2.24, 2.45) is 7.05 Å². The van der Waals surface area contributed by atoms with Crippen molar-refractivity contribution in [1.82, 2.24) is 23.4 Å². The molecule has 1 N–H and O–H groups in total. The number of fused-ring (bicyclic) bond motifs is 2. The van der Waals surface area contributed by atoms with Gasteiger partial charge >= 0.3 is 0 Å². The van der Waals surface area contributed by atoms with Crippen LogP contribution in [0.2, 0.25) is 0 Å². The van der Waals surface area contributed by atoms with Gasteiger partial charge in [0.1, 0.15) is 11.5 Å². The van der Waals surface area contributed by atoms with E-state index in [0.717, 1.165) is 15.1 Å². The minimum atomic E-state index is -4.08. The standard InChI is InChI=1S/C34H35FN8O4S/c1-6-41(18-17-39(3)4)30-14-10-24(20-31(30)43(44)45)36-34-37-32(28-21-40(5)29-13-9-23(35)19-27(28)29)26-15-16-42(33(26)38-34)48(46,47)25-11-7-22(2)8-12-25/h7-16,19-21H,6,17-18H2,1-5H3,(H,36,37,38). The minimum Gasteiger partial charge on any atom is -0.365 e. The Hall–Kier alpha value is -5.34. The number of anilines is 3. The van der Waals surface area contributed by atoms with Crippen LogP contribution in [0.25, 0.3) is 33.2 Å². The van der Waals surface area contributed by atoms with Gasteiger partial charge in [0, 0.05) is 72.7 Å². The molecule has 3 aromatic carbocycles.